The average Bonchev–Trinajstić information content (AvgIpc) is 3.12. The van der Waals surface area contributed by atoms with Crippen molar-refractivity contribution in [2.75, 3.05) is 6.61 Å². The van der Waals surface area contributed by atoms with Gasteiger partial charge in [0, 0.05) is 6.42 Å². The van der Waals surface area contributed by atoms with E-state index in [4.69, 9.17) is 23.7 Å². The fourth-order valence-electron chi connectivity index (χ4n) is 6.37. The Morgan fingerprint density at radius 1 is 0.852 bits per heavy atom. The van der Waals surface area contributed by atoms with Gasteiger partial charge in [-0.05, 0) is 43.8 Å². The molecule has 11 atom stereocenters. The Labute approximate surface area is 316 Å². The molecule has 0 bridgehead atoms. The maximum absolute atomic E-state index is 13.3. The van der Waals surface area contributed by atoms with Gasteiger partial charge in [-0.25, -0.2) is 0 Å². The molecule has 0 radical (unpaired) electrons. The topological polar surface area (TPSA) is 219 Å². The van der Waals surface area contributed by atoms with Crippen molar-refractivity contribution in [3.05, 3.63) is 83.6 Å². The van der Waals surface area contributed by atoms with Crippen LogP contribution in [-0.4, -0.2) is 122 Å². The lowest BCUT2D eigenvalue weighted by atomic mass is 9.71. The van der Waals surface area contributed by atoms with E-state index < -0.39 is 104 Å². The maximum Gasteiger partial charge on any atom is 0.307 e. The molecule has 3 aliphatic rings. The molecule has 6 N–H and O–H groups in total. The molecular weight excluding hydrogens is 704 g/mol. The SMILES string of the molecule is C=C/C=C/C=C(C)/C=C/C=C(C)/C=C/C1=C(C)C(=O)C(OC(=O)CCC(=O)OCC2OC(O)C(O)C(O)C2OC2OC(CC)C(O)C(O)C2O)CC1(C)C. The van der Waals surface area contributed by atoms with Crippen molar-refractivity contribution in [1.29, 1.82) is 0 Å². The molecule has 14 heteroatoms. The number of carbonyl (C=O) groups excluding carboxylic acids is 3. The van der Waals surface area contributed by atoms with Crippen molar-refractivity contribution in [2.24, 2.45) is 5.41 Å². The Morgan fingerprint density at radius 2 is 1.50 bits per heavy atom. The van der Waals surface area contributed by atoms with Crippen LogP contribution in [0.15, 0.2) is 83.6 Å². The van der Waals surface area contributed by atoms with Gasteiger partial charge in [0.2, 0.25) is 0 Å². The second-order valence-corrected chi connectivity index (χ2v) is 14.4. The zero-order chi connectivity index (χ0) is 40.3. The number of hydrogen-bond acceptors (Lipinski definition) is 14. The summed E-state index contributed by atoms with van der Waals surface area (Å²) >= 11 is 0. The molecule has 1 aliphatic carbocycles. The highest BCUT2D eigenvalue weighted by Gasteiger charge is 2.50. The highest BCUT2D eigenvalue weighted by atomic mass is 16.7. The molecule has 14 nitrogen and oxygen atoms in total. The first-order valence-corrected chi connectivity index (χ1v) is 18.1. The first-order chi connectivity index (χ1) is 25.4. The predicted octanol–water partition coefficient (Wildman–Crippen LogP) is 2.33. The van der Waals surface area contributed by atoms with E-state index in [0.717, 1.165) is 16.7 Å². The summed E-state index contributed by atoms with van der Waals surface area (Å²) in [4.78, 5) is 38.7. The summed E-state index contributed by atoms with van der Waals surface area (Å²) in [5.74, 6) is -2.00. The lowest BCUT2D eigenvalue weighted by molar-refractivity contribution is -0.353. The molecule has 2 saturated heterocycles. The van der Waals surface area contributed by atoms with Gasteiger partial charge in [-0.1, -0.05) is 93.2 Å². The molecular formula is C40H56O14. The van der Waals surface area contributed by atoms with Crippen molar-refractivity contribution in [1.82, 2.24) is 0 Å². The molecule has 2 heterocycles. The first kappa shape index (κ1) is 44.8. The fraction of sp³-hybridized carbons (Fsp3) is 0.575. The van der Waals surface area contributed by atoms with E-state index in [-0.39, 0.29) is 18.6 Å². The molecule has 0 aromatic rings. The molecule has 11 unspecified atom stereocenters. The molecule has 0 aromatic carbocycles. The lowest BCUT2D eigenvalue weighted by Crippen LogP contribution is -2.64. The summed E-state index contributed by atoms with van der Waals surface area (Å²) in [6.45, 7) is 14.2. The van der Waals surface area contributed by atoms with Crippen LogP contribution in [0.2, 0.25) is 0 Å². The van der Waals surface area contributed by atoms with Crippen LogP contribution >= 0.6 is 0 Å². The third kappa shape index (κ3) is 12.0. The van der Waals surface area contributed by atoms with E-state index in [1.54, 1.807) is 19.9 Å². The number of carbonyl (C=O) groups is 3. The monoisotopic (exact) mass is 760 g/mol. The zero-order valence-electron chi connectivity index (χ0n) is 31.7. The highest BCUT2D eigenvalue weighted by Crippen LogP contribution is 2.41. The van der Waals surface area contributed by atoms with Gasteiger partial charge in [0.05, 0.1) is 18.9 Å². The lowest BCUT2D eigenvalue weighted by Gasteiger charge is -2.45. The van der Waals surface area contributed by atoms with Crippen LogP contribution in [0, 0.1) is 5.41 Å². The van der Waals surface area contributed by atoms with Crippen molar-refractivity contribution >= 4 is 17.7 Å². The molecule has 2 fully saturated rings. The molecule has 0 spiro atoms. The molecule has 300 valence electrons. The van der Waals surface area contributed by atoms with Gasteiger partial charge in [0.1, 0.15) is 49.3 Å². The Hall–Kier alpha value is -3.57. The minimum Gasteiger partial charge on any atom is -0.463 e. The van der Waals surface area contributed by atoms with Crippen LogP contribution in [0.5, 0.6) is 0 Å². The van der Waals surface area contributed by atoms with Crippen molar-refractivity contribution < 1.29 is 68.7 Å². The predicted molar refractivity (Wildman–Crippen MR) is 196 cm³/mol. The van der Waals surface area contributed by atoms with Crippen LogP contribution in [0.25, 0.3) is 0 Å². The number of ketones is 1. The second kappa shape index (κ2) is 20.4. The quantitative estimate of drug-likeness (QED) is 0.104. The molecule has 54 heavy (non-hydrogen) atoms. The Balaban J connectivity index is 1.56. The number of rotatable bonds is 15. The number of hydrogen-bond donors (Lipinski definition) is 6. The Morgan fingerprint density at radius 3 is 2.17 bits per heavy atom. The summed E-state index contributed by atoms with van der Waals surface area (Å²) < 4.78 is 27.2. The van der Waals surface area contributed by atoms with Gasteiger partial charge >= 0.3 is 11.9 Å². The largest absolute Gasteiger partial charge is 0.463 e. The smallest absolute Gasteiger partial charge is 0.307 e. The summed E-state index contributed by atoms with van der Waals surface area (Å²) in [7, 11) is 0. The van der Waals surface area contributed by atoms with Crippen LogP contribution in [0.1, 0.15) is 67.2 Å². The third-order valence-corrected chi connectivity index (χ3v) is 9.57. The summed E-state index contributed by atoms with van der Waals surface area (Å²) in [5.41, 5.74) is 2.81. The number of allylic oxidation sites excluding steroid dienone is 12. The van der Waals surface area contributed by atoms with Gasteiger partial charge in [-0.15, -0.1) is 0 Å². The number of aliphatic hydroxyl groups is 6. The number of ether oxygens (including phenoxy) is 5. The van der Waals surface area contributed by atoms with Crippen molar-refractivity contribution in [3.63, 3.8) is 0 Å². The standard InChI is InChI=1S/C40H56O14/c1-8-10-11-13-22(3)14-12-15-23(4)16-17-25-24(5)31(43)27(20-40(25,6)7)51-30(42)19-18-29(41)50-21-28-37(34(46)35(47)38(49)52-28)54-39-36(48)33(45)32(44)26(9-2)53-39/h8,10-17,26-28,32-39,44-49H,1,9,18-21H2,2-7H3/b11-10+,14-12+,17-16+,22-13+,23-15+. The van der Waals surface area contributed by atoms with Gasteiger partial charge in [-0.3, -0.25) is 14.4 Å². The summed E-state index contributed by atoms with van der Waals surface area (Å²) in [6, 6.07) is 0. The van der Waals surface area contributed by atoms with E-state index in [2.05, 4.69) is 6.58 Å². The molecule has 2 aliphatic heterocycles. The molecule has 0 aromatic heterocycles. The Bertz CT molecular complexity index is 1520. The van der Waals surface area contributed by atoms with E-state index in [9.17, 15) is 45.0 Å². The second-order valence-electron chi connectivity index (χ2n) is 14.4. The third-order valence-electron chi connectivity index (χ3n) is 9.57. The van der Waals surface area contributed by atoms with E-state index in [0.29, 0.717) is 5.57 Å². The Kier molecular flexibility index (Phi) is 16.9. The average molecular weight is 761 g/mol. The maximum atomic E-state index is 13.3. The summed E-state index contributed by atoms with van der Waals surface area (Å²) in [6.07, 6.45) is -0.0812. The minimum absolute atomic E-state index is 0.231. The van der Waals surface area contributed by atoms with E-state index in [1.165, 1.54) is 0 Å². The minimum atomic E-state index is -1.89. The van der Waals surface area contributed by atoms with Gasteiger partial charge in [-0.2, -0.15) is 0 Å². The normalized spacial score (nSPS) is 33.9. The van der Waals surface area contributed by atoms with Gasteiger partial charge in [0.15, 0.2) is 24.5 Å². The van der Waals surface area contributed by atoms with Gasteiger partial charge in [0.25, 0.3) is 0 Å². The van der Waals surface area contributed by atoms with Crippen molar-refractivity contribution in [3.8, 4) is 0 Å². The van der Waals surface area contributed by atoms with Crippen LogP contribution in [-0.2, 0) is 38.1 Å². The zero-order valence-corrected chi connectivity index (χ0v) is 31.7. The van der Waals surface area contributed by atoms with E-state index >= 15 is 0 Å². The molecule has 0 amide bonds. The number of esters is 2. The van der Waals surface area contributed by atoms with E-state index in [1.807, 2.05) is 76.3 Å². The highest BCUT2D eigenvalue weighted by molar-refractivity contribution is 6.01. The van der Waals surface area contributed by atoms with Gasteiger partial charge < -0.3 is 54.3 Å². The van der Waals surface area contributed by atoms with Crippen LogP contribution in [0.3, 0.4) is 0 Å². The number of aliphatic hydroxyl groups excluding tert-OH is 6. The summed E-state index contributed by atoms with van der Waals surface area (Å²) in [5, 5.41) is 61.7. The van der Waals surface area contributed by atoms with Crippen LogP contribution in [0.4, 0.5) is 0 Å². The first-order valence-electron chi connectivity index (χ1n) is 18.1. The van der Waals surface area contributed by atoms with Crippen LogP contribution < -0.4 is 0 Å². The number of Topliss-reactive ketones (excluding diaryl/α,β-unsaturated/α-hetero) is 1. The van der Waals surface area contributed by atoms with Crippen molar-refractivity contribution in [2.45, 2.75) is 135 Å². The molecule has 3 rings (SSSR count). The fourth-order valence-corrected chi connectivity index (χ4v) is 6.37. The molecule has 0 saturated carbocycles.